The molecule has 0 radical (unpaired) electrons. The molecule has 3 N–H and O–H groups in total. The minimum absolute atomic E-state index is 0.101. The molecule has 35 heavy (non-hydrogen) atoms. The molecule has 2 amide bonds. The molecule has 10 nitrogen and oxygen atoms in total. The van der Waals surface area contributed by atoms with Gasteiger partial charge in [0.05, 0.1) is 11.8 Å². The molecular formula is C25H23N3O7. The van der Waals surface area contributed by atoms with E-state index in [0.29, 0.717) is 34.1 Å². The van der Waals surface area contributed by atoms with E-state index in [1.165, 1.54) is 18.3 Å². The molecule has 0 bridgehead atoms. The Morgan fingerprint density at radius 1 is 0.971 bits per heavy atom. The highest BCUT2D eigenvalue weighted by Gasteiger charge is 2.25. The van der Waals surface area contributed by atoms with E-state index in [0.717, 1.165) is 0 Å². The SMILES string of the molecule is CC(C)[C@H](NC(=O)c1ccc2c(c1)OCO2)C(=O)N/N=C/c1ccc(-c2ccc(C(=O)O)cc2)o1. The van der Waals surface area contributed by atoms with Gasteiger partial charge in [-0.05, 0) is 48.4 Å². The highest BCUT2D eigenvalue weighted by Crippen LogP contribution is 2.32. The monoisotopic (exact) mass is 477 g/mol. The topological polar surface area (TPSA) is 139 Å². The molecule has 0 aliphatic carbocycles. The number of carboxylic acid groups (broad SMARTS) is 1. The number of nitrogens with one attached hydrogen (secondary N) is 2. The van der Waals surface area contributed by atoms with Gasteiger partial charge in [0.25, 0.3) is 11.8 Å². The maximum Gasteiger partial charge on any atom is 0.335 e. The highest BCUT2D eigenvalue weighted by atomic mass is 16.7. The van der Waals surface area contributed by atoms with Crippen LogP contribution in [0.25, 0.3) is 11.3 Å². The van der Waals surface area contributed by atoms with Crippen LogP contribution in [0.15, 0.2) is 64.1 Å². The zero-order chi connectivity index (χ0) is 24.9. The molecule has 10 heteroatoms. The van der Waals surface area contributed by atoms with Gasteiger partial charge in [-0.1, -0.05) is 26.0 Å². The van der Waals surface area contributed by atoms with Crippen LogP contribution in [0.4, 0.5) is 0 Å². The summed E-state index contributed by atoms with van der Waals surface area (Å²) in [5.74, 6) is -0.180. The van der Waals surface area contributed by atoms with Crippen molar-refractivity contribution in [3.8, 4) is 22.8 Å². The van der Waals surface area contributed by atoms with E-state index < -0.39 is 23.8 Å². The predicted octanol–water partition coefficient (Wildman–Crippen LogP) is 3.28. The average molecular weight is 477 g/mol. The van der Waals surface area contributed by atoms with E-state index in [4.69, 9.17) is 19.0 Å². The van der Waals surface area contributed by atoms with E-state index in [-0.39, 0.29) is 18.3 Å². The van der Waals surface area contributed by atoms with Crippen LogP contribution in [0.1, 0.15) is 40.3 Å². The number of amides is 2. The Morgan fingerprint density at radius 2 is 1.69 bits per heavy atom. The van der Waals surface area contributed by atoms with Gasteiger partial charge in [-0.3, -0.25) is 9.59 Å². The number of carbonyl (C=O) groups is 3. The third-order valence-electron chi connectivity index (χ3n) is 5.28. The highest BCUT2D eigenvalue weighted by molar-refractivity contribution is 5.98. The minimum Gasteiger partial charge on any atom is -0.478 e. The lowest BCUT2D eigenvalue weighted by atomic mass is 10.0. The molecule has 1 aliphatic rings. The lowest BCUT2D eigenvalue weighted by Crippen LogP contribution is -2.48. The van der Waals surface area contributed by atoms with Crippen molar-refractivity contribution in [1.82, 2.24) is 10.7 Å². The molecule has 2 aromatic carbocycles. The number of ether oxygens (including phenoxy) is 2. The molecule has 0 spiro atoms. The molecule has 1 aromatic heterocycles. The van der Waals surface area contributed by atoms with Crippen LogP contribution in [-0.2, 0) is 4.79 Å². The van der Waals surface area contributed by atoms with Gasteiger partial charge in [0.1, 0.15) is 17.6 Å². The fourth-order valence-corrected chi connectivity index (χ4v) is 3.38. The number of rotatable bonds is 8. The van der Waals surface area contributed by atoms with Crippen LogP contribution in [-0.4, -0.2) is 41.9 Å². The summed E-state index contributed by atoms with van der Waals surface area (Å²) in [4.78, 5) is 36.3. The molecule has 1 atom stereocenters. The first-order valence-corrected chi connectivity index (χ1v) is 10.8. The number of carboxylic acids is 1. The molecule has 0 saturated carbocycles. The lowest BCUT2D eigenvalue weighted by Gasteiger charge is -2.20. The zero-order valence-electron chi connectivity index (χ0n) is 19.0. The van der Waals surface area contributed by atoms with Gasteiger partial charge in [0.2, 0.25) is 6.79 Å². The number of carbonyl (C=O) groups excluding carboxylic acids is 2. The maximum atomic E-state index is 12.7. The first kappa shape index (κ1) is 23.6. The van der Waals surface area contributed by atoms with Crippen LogP contribution in [0.3, 0.4) is 0 Å². The maximum absolute atomic E-state index is 12.7. The Balaban J connectivity index is 1.36. The van der Waals surface area contributed by atoms with Crippen molar-refractivity contribution in [1.29, 1.82) is 0 Å². The van der Waals surface area contributed by atoms with E-state index >= 15 is 0 Å². The number of hydrogen-bond acceptors (Lipinski definition) is 7. The summed E-state index contributed by atoms with van der Waals surface area (Å²) >= 11 is 0. The standard InChI is InChI=1S/C25H23N3O7/c1-14(2)22(27-23(29)17-7-9-20-21(11-17)34-13-33-20)24(30)28-26-12-18-8-10-19(35-18)15-3-5-16(6-4-15)25(31)32/h3-12,14,22H,13H2,1-2H3,(H,27,29)(H,28,30)(H,31,32)/b26-12+/t22-/m0/s1. The van der Waals surface area contributed by atoms with Gasteiger partial charge in [-0.25, -0.2) is 10.2 Å². The summed E-state index contributed by atoms with van der Waals surface area (Å²) in [7, 11) is 0. The van der Waals surface area contributed by atoms with E-state index in [2.05, 4.69) is 15.8 Å². The molecule has 1 aliphatic heterocycles. The normalized spacial score (nSPS) is 13.1. The number of furan rings is 1. The van der Waals surface area contributed by atoms with Crippen LogP contribution >= 0.6 is 0 Å². The van der Waals surface area contributed by atoms with Gasteiger partial charge < -0.3 is 24.3 Å². The van der Waals surface area contributed by atoms with Gasteiger partial charge in [-0.15, -0.1) is 0 Å². The third kappa shape index (κ3) is 5.49. The molecule has 0 fully saturated rings. The van der Waals surface area contributed by atoms with E-state index in [1.807, 2.05) is 13.8 Å². The first-order chi connectivity index (χ1) is 16.8. The van der Waals surface area contributed by atoms with E-state index in [9.17, 15) is 14.4 Å². The molecular weight excluding hydrogens is 454 g/mol. The quantitative estimate of drug-likeness (QED) is 0.334. The number of hydrogen-bond donors (Lipinski definition) is 3. The number of fused-ring (bicyclic) bond motifs is 1. The minimum atomic E-state index is -1.01. The first-order valence-electron chi connectivity index (χ1n) is 10.8. The van der Waals surface area contributed by atoms with Gasteiger partial charge >= 0.3 is 5.97 Å². The number of aromatic carboxylic acids is 1. The molecule has 2 heterocycles. The Bertz CT molecular complexity index is 1280. The fraction of sp³-hybridized carbons (Fsp3) is 0.200. The van der Waals surface area contributed by atoms with Crippen molar-refractivity contribution in [3.05, 3.63) is 71.5 Å². The number of benzene rings is 2. The lowest BCUT2D eigenvalue weighted by molar-refractivity contribution is -0.123. The molecule has 0 saturated heterocycles. The largest absolute Gasteiger partial charge is 0.478 e. The van der Waals surface area contributed by atoms with Crippen molar-refractivity contribution in [2.75, 3.05) is 6.79 Å². The molecule has 4 rings (SSSR count). The fourth-order valence-electron chi connectivity index (χ4n) is 3.38. The summed E-state index contributed by atoms with van der Waals surface area (Å²) in [5, 5.41) is 15.7. The van der Waals surface area contributed by atoms with Gasteiger partial charge in [-0.2, -0.15) is 5.10 Å². The molecule has 180 valence electrons. The van der Waals surface area contributed by atoms with Crippen molar-refractivity contribution >= 4 is 24.0 Å². The van der Waals surface area contributed by atoms with Crippen LogP contribution in [0.5, 0.6) is 11.5 Å². The van der Waals surface area contributed by atoms with Crippen LogP contribution in [0.2, 0.25) is 0 Å². The second-order valence-corrected chi connectivity index (χ2v) is 8.08. The Morgan fingerprint density at radius 3 is 2.40 bits per heavy atom. The van der Waals surface area contributed by atoms with Crippen molar-refractivity contribution in [2.45, 2.75) is 19.9 Å². The zero-order valence-corrected chi connectivity index (χ0v) is 19.0. The second-order valence-electron chi connectivity index (χ2n) is 8.08. The summed E-state index contributed by atoms with van der Waals surface area (Å²) in [6.07, 6.45) is 1.34. The molecule has 0 unspecified atom stereocenters. The second kappa shape index (κ2) is 10.1. The summed E-state index contributed by atoms with van der Waals surface area (Å²) in [5.41, 5.74) is 3.64. The predicted molar refractivity (Wildman–Crippen MR) is 125 cm³/mol. The number of nitrogens with zero attached hydrogens (tertiary/aromatic N) is 1. The van der Waals surface area contributed by atoms with Gasteiger partial charge in [0, 0.05) is 11.1 Å². The number of hydrazone groups is 1. The van der Waals surface area contributed by atoms with Gasteiger partial charge in [0.15, 0.2) is 11.5 Å². The Labute approximate surface area is 200 Å². The summed E-state index contributed by atoms with van der Waals surface area (Å²) < 4.78 is 16.2. The average Bonchev–Trinajstić information content (AvgIpc) is 3.51. The van der Waals surface area contributed by atoms with E-state index in [1.54, 1.807) is 42.5 Å². The summed E-state index contributed by atoms with van der Waals surface area (Å²) in [6, 6.07) is 13.6. The molecule has 3 aromatic rings. The Kier molecular flexibility index (Phi) is 6.81. The Hall–Kier alpha value is -4.60. The van der Waals surface area contributed by atoms with Crippen LogP contribution < -0.4 is 20.2 Å². The van der Waals surface area contributed by atoms with Crippen molar-refractivity contribution in [2.24, 2.45) is 11.0 Å². The smallest absolute Gasteiger partial charge is 0.335 e. The van der Waals surface area contributed by atoms with Crippen molar-refractivity contribution in [3.63, 3.8) is 0 Å². The third-order valence-corrected chi connectivity index (χ3v) is 5.28. The van der Waals surface area contributed by atoms with Crippen molar-refractivity contribution < 1.29 is 33.4 Å². The summed E-state index contributed by atoms with van der Waals surface area (Å²) in [6.45, 7) is 3.72. The van der Waals surface area contributed by atoms with Crippen LogP contribution in [0, 0.1) is 5.92 Å².